The van der Waals surface area contributed by atoms with Gasteiger partial charge in [-0.25, -0.2) is 0 Å². The Hall–Kier alpha value is -4.18. The molecular weight excluding hydrogens is 444 g/mol. The highest BCUT2D eigenvalue weighted by Crippen LogP contribution is 2.34. The molecule has 0 saturated carbocycles. The van der Waals surface area contributed by atoms with Crippen molar-refractivity contribution < 1.29 is 18.9 Å². The summed E-state index contributed by atoms with van der Waals surface area (Å²) >= 11 is 1.19. The highest BCUT2D eigenvalue weighted by atomic mass is 32.2. The minimum atomic E-state index is -0.476. The first-order valence-corrected chi connectivity index (χ1v) is 10.6. The number of nitro benzene ring substituents is 1. The highest BCUT2D eigenvalue weighted by molar-refractivity contribution is 8.18. The summed E-state index contributed by atoms with van der Waals surface area (Å²) in [4.78, 5) is 25.5. The summed E-state index contributed by atoms with van der Waals surface area (Å²) in [5.41, 5.74) is 1.32. The van der Waals surface area contributed by atoms with E-state index in [-0.39, 0.29) is 18.1 Å². The Morgan fingerprint density at radius 2 is 1.97 bits per heavy atom. The van der Waals surface area contributed by atoms with Crippen molar-refractivity contribution >= 4 is 40.8 Å². The summed E-state index contributed by atoms with van der Waals surface area (Å²) in [6.07, 6.45) is 4.71. The number of nitro groups is 1. The molecule has 1 saturated heterocycles. The number of nitrogens with zero attached hydrogens (tertiary/aromatic N) is 4. The average Bonchev–Trinajstić information content (AvgIpc) is 3.44. The van der Waals surface area contributed by atoms with Crippen LogP contribution in [0.4, 0.5) is 5.69 Å². The molecule has 33 heavy (non-hydrogen) atoms. The summed E-state index contributed by atoms with van der Waals surface area (Å²) in [6.45, 7) is 0.198. The number of methoxy groups -OCH3 is 1. The Morgan fingerprint density at radius 1 is 1.15 bits per heavy atom. The second-order valence-electron chi connectivity index (χ2n) is 6.83. The Morgan fingerprint density at radius 3 is 2.67 bits per heavy atom. The molecule has 4 rings (SSSR count). The van der Waals surface area contributed by atoms with Gasteiger partial charge in [-0.2, -0.15) is 5.10 Å². The van der Waals surface area contributed by atoms with Gasteiger partial charge >= 0.3 is 0 Å². The van der Waals surface area contributed by atoms with Gasteiger partial charge in [0, 0.05) is 17.7 Å². The zero-order chi connectivity index (χ0) is 23.2. The van der Waals surface area contributed by atoms with E-state index in [0.29, 0.717) is 21.4 Å². The molecular formula is C23H18N4O5S. The van der Waals surface area contributed by atoms with Crippen LogP contribution in [0.15, 0.2) is 86.5 Å². The number of amidine groups is 1. The van der Waals surface area contributed by atoms with Gasteiger partial charge in [0.15, 0.2) is 5.17 Å². The van der Waals surface area contributed by atoms with E-state index in [1.165, 1.54) is 41.3 Å². The van der Waals surface area contributed by atoms with E-state index < -0.39 is 4.92 Å². The first-order valence-electron chi connectivity index (χ1n) is 9.77. The minimum absolute atomic E-state index is 0.0406. The van der Waals surface area contributed by atoms with Crippen LogP contribution in [0.5, 0.6) is 5.75 Å². The maximum atomic E-state index is 13.1. The van der Waals surface area contributed by atoms with E-state index in [4.69, 9.17) is 9.15 Å². The first kappa shape index (κ1) is 22.0. The van der Waals surface area contributed by atoms with E-state index in [9.17, 15) is 14.9 Å². The largest absolute Gasteiger partial charge is 0.497 e. The molecule has 9 nitrogen and oxygen atoms in total. The van der Waals surface area contributed by atoms with E-state index >= 15 is 0 Å². The van der Waals surface area contributed by atoms with Crippen molar-refractivity contribution in [3.8, 4) is 5.75 Å². The SMILES string of the molecule is COc1ccc(/C=C2\S/C(=N/N=C\c3cccc([N+](=O)[O-])c3)N(Cc3ccco3)C2=O)cc1. The molecule has 0 unspecified atom stereocenters. The smallest absolute Gasteiger partial charge is 0.270 e. The van der Waals surface area contributed by atoms with Crippen LogP contribution in [0.25, 0.3) is 6.08 Å². The van der Waals surface area contributed by atoms with Gasteiger partial charge < -0.3 is 9.15 Å². The van der Waals surface area contributed by atoms with E-state index in [1.54, 1.807) is 37.5 Å². The average molecular weight is 462 g/mol. The molecule has 0 atom stereocenters. The van der Waals surface area contributed by atoms with Crippen molar-refractivity contribution in [2.45, 2.75) is 6.54 Å². The fraction of sp³-hybridized carbons (Fsp3) is 0.0870. The molecule has 2 aromatic carbocycles. The number of carbonyl (C=O) groups excluding carboxylic acids is 1. The number of furan rings is 1. The number of non-ortho nitro benzene ring substituents is 1. The van der Waals surface area contributed by atoms with Crippen molar-refractivity contribution in [2.75, 3.05) is 7.11 Å². The molecule has 0 N–H and O–H groups in total. The molecule has 1 aliphatic rings. The molecule has 0 aliphatic carbocycles. The van der Waals surface area contributed by atoms with Crippen LogP contribution in [0, 0.1) is 10.1 Å². The van der Waals surface area contributed by atoms with E-state index in [0.717, 1.165) is 11.3 Å². The van der Waals surface area contributed by atoms with Gasteiger partial charge in [-0.15, -0.1) is 5.10 Å². The normalized spacial score (nSPS) is 16.3. The monoisotopic (exact) mass is 462 g/mol. The maximum Gasteiger partial charge on any atom is 0.270 e. The van der Waals surface area contributed by atoms with E-state index in [1.807, 2.05) is 24.3 Å². The van der Waals surface area contributed by atoms with Gasteiger partial charge in [-0.05, 0) is 47.7 Å². The van der Waals surface area contributed by atoms with Crippen LogP contribution < -0.4 is 4.74 Å². The third-order valence-corrected chi connectivity index (χ3v) is 5.62. The van der Waals surface area contributed by atoms with Crippen molar-refractivity contribution in [1.29, 1.82) is 0 Å². The first-order chi connectivity index (χ1) is 16.0. The van der Waals surface area contributed by atoms with Crippen LogP contribution in [0.2, 0.25) is 0 Å². The standard InChI is InChI=1S/C23H18N4O5S/c1-31-19-9-7-16(8-10-19)13-21-22(28)26(15-20-6-3-11-32-20)23(33-21)25-24-14-17-4-2-5-18(12-17)27(29)30/h2-14H,15H2,1H3/b21-13-,24-14-,25-23+. The topological polar surface area (TPSA) is 111 Å². The fourth-order valence-corrected chi connectivity index (χ4v) is 3.93. The highest BCUT2D eigenvalue weighted by Gasteiger charge is 2.34. The summed E-state index contributed by atoms with van der Waals surface area (Å²) < 4.78 is 10.6. The molecule has 0 spiro atoms. The summed E-state index contributed by atoms with van der Waals surface area (Å²) in [5.74, 6) is 1.10. The van der Waals surface area contributed by atoms with Crippen LogP contribution in [-0.4, -0.2) is 34.2 Å². The maximum absolute atomic E-state index is 13.1. The van der Waals surface area contributed by atoms with Crippen LogP contribution in [-0.2, 0) is 11.3 Å². The number of hydrogen-bond acceptors (Lipinski definition) is 8. The zero-order valence-electron chi connectivity index (χ0n) is 17.5. The number of hydrogen-bond donors (Lipinski definition) is 0. The minimum Gasteiger partial charge on any atom is -0.497 e. The van der Waals surface area contributed by atoms with Gasteiger partial charge in [0.05, 0.1) is 36.0 Å². The third kappa shape index (κ3) is 5.36. The second-order valence-corrected chi connectivity index (χ2v) is 7.84. The van der Waals surface area contributed by atoms with Crippen LogP contribution in [0.3, 0.4) is 0 Å². The summed E-state index contributed by atoms with van der Waals surface area (Å²) in [6, 6.07) is 16.9. The lowest BCUT2D eigenvalue weighted by molar-refractivity contribution is -0.384. The Balaban J connectivity index is 1.60. The number of carbonyl (C=O) groups is 1. The fourth-order valence-electron chi connectivity index (χ4n) is 3.00. The molecule has 10 heteroatoms. The van der Waals surface area contributed by atoms with Gasteiger partial charge in [-0.1, -0.05) is 24.3 Å². The lowest BCUT2D eigenvalue weighted by atomic mass is 10.2. The lowest BCUT2D eigenvalue weighted by Gasteiger charge is -2.12. The number of ether oxygens (including phenoxy) is 1. The van der Waals surface area contributed by atoms with Crippen LogP contribution >= 0.6 is 11.8 Å². The number of amides is 1. The second kappa shape index (κ2) is 9.96. The van der Waals surface area contributed by atoms with Gasteiger partial charge in [0.25, 0.3) is 11.6 Å². The molecule has 1 aromatic heterocycles. The molecule has 1 amide bonds. The van der Waals surface area contributed by atoms with Crippen molar-refractivity contribution in [1.82, 2.24) is 4.90 Å². The van der Waals surface area contributed by atoms with Crippen molar-refractivity contribution in [3.63, 3.8) is 0 Å². The quantitative estimate of drug-likeness (QED) is 0.218. The van der Waals surface area contributed by atoms with Crippen LogP contribution in [0.1, 0.15) is 16.9 Å². The van der Waals surface area contributed by atoms with Gasteiger partial charge in [0.1, 0.15) is 11.5 Å². The summed E-state index contributed by atoms with van der Waals surface area (Å²) in [7, 11) is 1.59. The third-order valence-electron chi connectivity index (χ3n) is 4.63. The van der Waals surface area contributed by atoms with E-state index in [2.05, 4.69) is 10.2 Å². The molecule has 2 heterocycles. The molecule has 3 aromatic rings. The van der Waals surface area contributed by atoms with Crippen molar-refractivity contribution in [3.05, 3.63) is 98.8 Å². The number of benzene rings is 2. The molecule has 0 bridgehead atoms. The Bertz CT molecular complexity index is 1250. The molecule has 166 valence electrons. The van der Waals surface area contributed by atoms with Gasteiger partial charge in [0.2, 0.25) is 0 Å². The number of thioether (sulfide) groups is 1. The molecule has 0 radical (unpaired) electrons. The predicted molar refractivity (Wildman–Crippen MR) is 126 cm³/mol. The number of rotatable bonds is 7. The van der Waals surface area contributed by atoms with Crippen molar-refractivity contribution in [2.24, 2.45) is 10.2 Å². The van der Waals surface area contributed by atoms with Gasteiger partial charge in [-0.3, -0.25) is 19.8 Å². The lowest BCUT2D eigenvalue weighted by Crippen LogP contribution is -2.28. The molecule has 1 aliphatic heterocycles. The zero-order valence-corrected chi connectivity index (χ0v) is 18.3. The Kier molecular flexibility index (Phi) is 6.65. The molecule has 1 fully saturated rings. The Labute approximate surface area is 193 Å². The predicted octanol–water partition coefficient (Wildman–Crippen LogP) is 4.70. The summed E-state index contributed by atoms with van der Waals surface area (Å²) in [5, 5.41) is 19.6.